The van der Waals surface area contributed by atoms with Crippen molar-refractivity contribution in [1.29, 1.82) is 0 Å². The van der Waals surface area contributed by atoms with Crippen molar-refractivity contribution in [2.24, 2.45) is 21.7 Å². The van der Waals surface area contributed by atoms with Crippen LogP contribution in [0.25, 0.3) is 0 Å². The predicted octanol–water partition coefficient (Wildman–Crippen LogP) is 1.90. The summed E-state index contributed by atoms with van der Waals surface area (Å²) in [6, 6.07) is 13.8. The van der Waals surface area contributed by atoms with E-state index in [-0.39, 0.29) is 24.9 Å². The molecule has 24 heavy (non-hydrogen) atoms. The first-order valence-corrected chi connectivity index (χ1v) is 7.22. The third-order valence-electron chi connectivity index (χ3n) is 2.91. The van der Waals surface area contributed by atoms with Crippen LogP contribution in [-0.4, -0.2) is 24.9 Å². The zero-order chi connectivity index (χ0) is 17.4. The molecule has 0 heterocycles. The lowest BCUT2D eigenvalue weighted by Crippen LogP contribution is -2.21. The van der Waals surface area contributed by atoms with E-state index in [0.29, 0.717) is 22.7 Å². The van der Waals surface area contributed by atoms with Gasteiger partial charge in [-0.2, -0.15) is 10.2 Å². The molecule has 8 heteroatoms. The van der Waals surface area contributed by atoms with Gasteiger partial charge in [-0.05, 0) is 36.4 Å². The van der Waals surface area contributed by atoms with Gasteiger partial charge in [-0.1, -0.05) is 12.1 Å². The number of rotatable bonds is 6. The highest BCUT2D eigenvalue weighted by molar-refractivity contribution is 5.93. The van der Waals surface area contributed by atoms with Crippen molar-refractivity contribution in [2.45, 2.75) is 0 Å². The van der Waals surface area contributed by atoms with Gasteiger partial charge in [-0.15, -0.1) is 0 Å². The molecule has 2 amide bonds. The number of hydrogen-bond acceptors (Lipinski definition) is 6. The molecule has 0 fully saturated rings. The fourth-order valence-electron chi connectivity index (χ4n) is 1.83. The molecule has 0 unspecified atom stereocenters. The van der Waals surface area contributed by atoms with Crippen LogP contribution in [0, 0.1) is 0 Å². The maximum Gasteiger partial charge on any atom is 0.238 e. The lowest BCUT2D eigenvalue weighted by atomic mass is 10.2. The van der Waals surface area contributed by atoms with Gasteiger partial charge < -0.3 is 22.1 Å². The number of benzene rings is 2. The second kappa shape index (κ2) is 8.51. The molecule has 0 bridgehead atoms. The minimum absolute atomic E-state index is 0.0902. The number of hydrogen-bond donors (Lipinski definition) is 4. The molecule has 0 atom stereocenters. The van der Waals surface area contributed by atoms with Crippen molar-refractivity contribution < 1.29 is 9.59 Å². The monoisotopic (exact) mass is 326 g/mol. The Morgan fingerprint density at radius 1 is 0.792 bits per heavy atom. The number of nitrogens with one attached hydrogen (secondary N) is 2. The second-order valence-electron chi connectivity index (χ2n) is 4.81. The first-order valence-electron chi connectivity index (χ1n) is 7.22. The van der Waals surface area contributed by atoms with Gasteiger partial charge in [0.1, 0.15) is 0 Å². The molecule has 0 saturated heterocycles. The normalized spacial score (nSPS) is 10.6. The lowest BCUT2D eigenvalue weighted by Gasteiger charge is -2.04. The first kappa shape index (κ1) is 17.3. The van der Waals surface area contributed by atoms with Gasteiger partial charge in [0, 0.05) is 11.4 Å². The SMILES string of the molecule is NCC(=O)Nc1cccc(N=Nc2cccc(NC(=O)CN)c2)c1. The van der Waals surface area contributed by atoms with Crippen LogP contribution < -0.4 is 22.1 Å². The summed E-state index contributed by atoms with van der Waals surface area (Å²) >= 11 is 0. The molecule has 2 rings (SSSR count). The quantitative estimate of drug-likeness (QED) is 0.603. The number of nitrogens with two attached hydrogens (primary N) is 2. The highest BCUT2D eigenvalue weighted by Crippen LogP contribution is 2.23. The summed E-state index contributed by atoms with van der Waals surface area (Å²) in [5, 5.41) is 13.5. The van der Waals surface area contributed by atoms with Crippen molar-refractivity contribution in [3.8, 4) is 0 Å². The third kappa shape index (κ3) is 5.27. The summed E-state index contributed by atoms with van der Waals surface area (Å²) in [4.78, 5) is 22.6. The molecule has 0 radical (unpaired) electrons. The molecule has 2 aromatic carbocycles. The Morgan fingerprint density at radius 2 is 1.21 bits per heavy atom. The predicted molar refractivity (Wildman–Crippen MR) is 92.4 cm³/mol. The van der Waals surface area contributed by atoms with Gasteiger partial charge >= 0.3 is 0 Å². The molecular formula is C16H18N6O2. The van der Waals surface area contributed by atoms with Crippen molar-refractivity contribution in [3.63, 3.8) is 0 Å². The van der Waals surface area contributed by atoms with Gasteiger partial charge in [-0.25, -0.2) is 0 Å². The third-order valence-corrected chi connectivity index (χ3v) is 2.91. The standard InChI is InChI=1S/C16H18N6O2/c17-9-15(23)19-11-3-1-5-13(7-11)21-22-14-6-2-4-12(8-14)20-16(24)10-18/h1-8H,9-10,17-18H2,(H,19,23)(H,20,24). The molecule has 0 aliphatic heterocycles. The van der Waals surface area contributed by atoms with Crippen LogP contribution in [0.15, 0.2) is 58.8 Å². The number of carbonyl (C=O) groups is 2. The van der Waals surface area contributed by atoms with E-state index in [4.69, 9.17) is 11.5 Å². The minimum Gasteiger partial charge on any atom is -0.325 e. The summed E-state index contributed by atoms with van der Waals surface area (Å²) in [7, 11) is 0. The molecule has 2 aromatic rings. The molecule has 8 nitrogen and oxygen atoms in total. The lowest BCUT2D eigenvalue weighted by molar-refractivity contribution is -0.115. The molecule has 6 N–H and O–H groups in total. The first-order chi connectivity index (χ1) is 11.6. The summed E-state index contributed by atoms with van der Waals surface area (Å²) in [5.74, 6) is -0.570. The maximum absolute atomic E-state index is 11.3. The molecular weight excluding hydrogens is 308 g/mol. The fourth-order valence-corrected chi connectivity index (χ4v) is 1.83. The Balaban J connectivity index is 2.10. The van der Waals surface area contributed by atoms with Crippen LogP contribution >= 0.6 is 0 Å². The van der Waals surface area contributed by atoms with Crippen molar-refractivity contribution in [1.82, 2.24) is 0 Å². The molecule has 0 saturated carbocycles. The molecule has 0 aliphatic carbocycles. The van der Waals surface area contributed by atoms with Gasteiger partial charge in [0.15, 0.2) is 0 Å². The minimum atomic E-state index is -0.285. The zero-order valence-corrected chi connectivity index (χ0v) is 12.9. The largest absolute Gasteiger partial charge is 0.325 e. The summed E-state index contributed by atoms with van der Waals surface area (Å²) in [6.45, 7) is -0.180. The van der Waals surface area contributed by atoms with E-state index in [1.807, 2.05) is 0 Å². The van der Waals surface area contributed by atoms with E-state index in [1.54, 1.807) is 48.5 Å². The molecule has 0 aliphatic rings. The smallest absolute Gasteiger partial charge is 0.238 e. The molecule has 0 spiro atoms. The topological polar surface area (TPSA) is 135 Å². The molecule has 124 valence electrons. The van der Waals surface area contributed by atoms with Crippen LogP contribution in [0.1, 0.15) is 0 Å². The van der Waals surface area contributed by atoms with Crippen LogP contribution in [-0.2, 0) is 9.59 Å². The van der Waals surface area contributed by atoms with Crippen molar-refractivity contribution >= 4 is 34.6 Å². The average molecular weight is 326 g/mol. The summed E-state index contributed by atoms with van der Waals surface area (Å²) in [5.41, 5.74) is 12.8. The number of anilines is 2. The molecule has 0 aromatic heterocycles. The Labute approximate surface area is 138 Å². The van der Waals surface area contributed by atoms with Gasteiger partial charge in [0.2, 0.25) is 11.8 Å². The average Bonchev–Trinajstić information content (AvgIpc) is 2.60. The van der Waals surface area contributed by atoms with Crippen molar-refractivity contribution in [2.75, 3.05) is 23.7 Å². The van der Waals surface area contributed by atoms with Gasteiger partial charge in [0.05, 0.1) is 24.5 Å². The maximum atomic E-state index is 11.3. The van der Waals surface area contributed by atoms with E-state index in [1.165, 1.54) is 0 Å². The van der Waals surface area contributed by atoms with E-state index in [9.17, 15) is 9.59 Å². The van der Waals surface area contributed by atoms with Gasteiger partial charge in [-0.3, -0.25) is 9.59 Å². The second-order valence-corrected chi connectivity index (χ2v) is 4.81. The Morgan fingerprint density at radius 3 is 1.58 bits per heavy atom. The van der Waals surface area contributed by atoms with E-state index in [2.05, 4.69) is 20.9 Å². The highest BCUT2D eigenvalue weighted by Gasteiger charge is 2.01. The summed E-state index contributed by atoms with van der Waals surface area (Å²) in [6.07, 6.45) is 0. The summed E-state index contributed by atoms with van der Waals surface area (Å²) < 4.78 is 0. The fraction of sp³-hybridized carbons (Fsp3) is 0.125. The number of amides is 2. The van der Waals surface area contributed by atoms with E-state index in [0.717, 1.165) is 0 Å². The van der Waals surface area contributed by atoms with E-state index < -0.39 is 0 Å². The highest BCUT2D eigenvalue weighted by atomic mass is 16.2. The van der Waals surface area contributed by atoms with Crippen LogP contribution in [0.2, 0.25) is 0 Å². The van der Waals surface area contributed by atoms with Crippen LogP contribution in [0.3, 0.4) is 0 Å². The van der Waals surface area contributed by atoms with Gasteiger partial charge in [0.25, 0.3) is 0 Å². The zero-order valence-electron chi connectivity index (χ0n) is 12.9. The van der Waals surface area contributed by atoms with Crippen LogP contribution in [0.4, 0.5) is 22.7 Å². The van der Waals surface area contributed by atoms with Crippen molar-refractivity contribution in [3.05, 3.63) is 48.5 Å². The number of carbonyl (C=O) groups excluding carboxylic acids is 2. The Bertz CT molecular complexity index is 696. The van der Waals surface area contributed by atoms with E-state index >= 15 is 0 Å². The number of azo groups is 1. The van der Waals surface area contributed by atoms with Crippen LogP contribution in [0.5, 0.6) is 0 Å². The Kier molecular flexibility index (Phi) is 6.12. The Hall–Kier alpha value is -3.10. The number of nitrogens with zero attached hydrogens (tertiary/aromatic N) is 2.